The van der Waals surface area contributed by atoms with Crippen molar-refractivity contribution in [2.45, 2.75) is 45.8 Å². The highest BCUT2D eigenvalue weighted by molar-refractivity contribution is 5.90. The van der Waals surface area contributed by atoms with E-state index in [4.69, 9.17) is 10.5 Å². The number of carbonyl (C=O) groups is 1. The van der Waals surface area contributed by atoms with E-state index in [2.05, 4.69) is 5.32 Å². The number of anilines is 1. The molecule has 0 saturated carbocycles. The van der Waals surface area contributed by atoms with Gasteiger partial charge >= 0.3 is 0 Å². The number of carbonyl (C=O) groups excluding carboxylic acids is 1. The highest BCUT2D eigenvalue weighted by Crippen LogP contribution is 2.21. The van der Waals surface area contributed by atoms with Crippen LogP contribution >= 0.6 is 12.4 Å². The number of hydrogen-bond donors (Lipinski definition) is 2. The maximum absolute atomic E-state index is 13.7. The molecule has 0 aliphatic carbocycles. The second-order valence-corrected chi connectivity index (χ2v) is 4.87. The first-order valence-corrected chi connectivity index (χ1v) is 6.40. The molecule has 0 saturated heterocycles. The lowest BCUT2D eigenvalue weighted by molar-refractivity contribution is -0.116. The predicted octanol–water partition coefficient (Wildman–Crippen LogP) is 3.10. The number of hydrogen-bond acceptors (Lipinski definition) is 3. The molecule has 0 radical (unpaired) electrons. The number of nitrogens with one attached hydrogen (secondary N) is 1. The molecule has 114 valence electrons. The lowest BCUT2D eigenvalue weighted by Crippen LogP contribution is -2.19. The number of halogens is 2. The summed E-state index contributed by atoms with van der Waals surface area (Å²) in [5, 5.41) is 2.52. The number of amides is 1. The molecule has 0 aromatic heterocycles. The van der Waals surface area contributed by atoms with Crippen molar-refractivity contribution in [3.8, 4) is 5.75 Å². The average Bonchev–Trinajstić information content (AvgIpc) is 2.29. The fourth-order valence-electron chi connectivity index (χ4n) is 1.51. The van der Waals surface area contributed by atoms with Gasteiger partial charge in [-0.15, -0.1) is 12.4 Å². The molecule has 20 heavy (non-hydrogen) atoms. The Morgan fingerprint density at radius 3 is 2.55 bits per heavy atom. The molecule has 6 heteroatoms. The van der Waals surface area contributed by atoms with E-state index < -0.39 is 5.82 Å². The van der Waals surface area contributed by atoms with Crippen molar-refractivity contribution >= 4 is 24.0 Å². The van der Waals surface area contributed by atoms with Gasteiger partial charge in [-0.1, -0.05) is 0 Å². The fourth-order valence-corrected chi connectivity index (χ4v) is 1.51. The molecule has 0 aliphatic heterocycles. The molecular weight excluding hydrogens is 283 g/mol. The SMILES string of the molecule is CC(N)CCC(=O)Nc1ccc(OC(C)C)cc1F.Cl. The lowest BCUT2D eigenvalue weighted by atomic mass is 10.2. The van der Waals surface area contributed by atoms with Gasteiger partial charge in [-0.25, -0.2) is 4.39 Å². The van der Waals surface area contributed by atoms with Crippen LogP contribution in [0.4, 0.5) is 10.1 Å². The molecule has 1 unspecified atom stereocenters. The van der Waals surface area contributed by atoms with Gasteiger partial charge in [0.15, 0.2) is 0 Å². The first-order chi connectivity index (χ1) is 8.88. The predicted molar refractivity (Wildman–Crippen MR) is 80.9 cm³/mol. The third-order valence-electron chi connectivity index (χ3n) is 2.41. The Kier molecular flexibility index (Phi) is 8.18. The Balaban J connectivity index is 0.00000361. The van der Waals surface area contributed by atoms with E-state index in [0.29, 0.717) is 12.2 Å². The van der Waals surface area contributed by atoms with Crippen LogP contribution in [-0.4, -0.2) is 18.1 Å². The maximum atomic E-state index is 13.7. The first kappa shape index (κ1) is 18.7. The molecule has 4 nitrogen and oxygen atoms in total. The topological polar surface area (TPSA) is 64.4 Å². The summed E-state index contributed by atoms with van der Waals surface area (Å²) < 4.78 is 19.1. The summed E-state index contributed by atoms with van der Waals surface area (Å²) in [5.41, 5.74) is 5.72. The van der Waals surface area contributed by atoms with Crippen LogP contribution in [0.2, 0.25) is 0 Å². The number of benzene rings is 1. The van der Waals surface area contributed by atoms with Crippen LogP contribution in [0.5, 0.6) is 5.75 Å². The minimum absolute atomic E-state index is 0. The highest BCUT2D eigenvalue weighted by Gasteiger charge is 2.09. The van der Waals surface area contributed by atoms with Crippen molar-refractivity contribution in [3.63, 3.8) is 0 Å². The molecule has 0 heterocycles. The number of nitrogens with two attached hydrogens (primary N) is 1. The van der Waals surface area contributed by atoms with Crippen molar-refractivity contribution in [3.05, 3.63) is 24.0 Å². The van der Waals surface area contributed by atoms with E-state index in [1.54, 1.807) is 6.07 Å². The maximum Gasteiger partial charge on any atom is 0.224 e. The van der Waals surface area contributed by atoms with E-state index >= 15 is 0 Å². The quantitative estimate of drug-likeness (QED) is 0.849. The largest absolute Gasteiger partial charge is 0.491 e. The zero-order valence-corrected chi connectivity index (χ0v) is 12.8. The minimum atomic E-state index is -0.507. The third-order valence-corrected chi connectivity index (χ3v) is 2.41. The summed E-state index contributed by atoms with van der Waals surface area (Å²) in [6.45, 7) is 5.55. The smallest absolute Gasteiger partial charge is 0.224 e. The molecule has 3 N–H and O–H groups in total. The van der Waals surface area contributed by atoms with Gasteiger partial charge in [0.2, 0.25) is 5.91 Å². The molecule has 1 amide bonds. The van der Waals surface area contributed by atoms with Crippen molar-refractivity contribution in [1.29, 1.82) is 0 Å². The Labute approximate surface area is 125 Å². The number of rotatable bonds is 6. The van der Waals surface area contributed by atoms with Crippen molar-refractivity contribution in [2.75, 3.05) is 5.32 Å². The molecule has 1 rings (SSSR count). The van der Waals surface area contributed by atoms with Gasteiger partial charge < -0.3 is 15.8 Å². The zero-order chi connectivity index (χ0) is 14.4. The molecule has 1 aromatic carbocycles. The van der Waals surface area contributed by atoms with Crippen molar-refractivity contribution in [2.24, 2.45) is 5.73 Å². The van der Waals surface area contributed by atoms with Crippen LogP contribution in [0, 0.1) is 5.82 Å². The van der Waals surface area contributed by atoms with E-state index in [9.17, 15) is 9.18 Å². The van der Waals surface area contributed by atoms with Crippen LogP contribution in [0.3, 0.4) is 0 Å². The summed E-state index contributed by atoms with van der Waals surface area (Å²) in [7, 11) is 0. The standard InChI is InChI=1S/C14H21FN2O2.ClH/c1-9(2)19-11-5-6-13(12(15)8-11)17-14(18)7-4-10(3)16;/h5-6,8-10H,4,7,16H2,1-3H3,(H,17,18);1H. The lowest BCUT2D eigenvalue weighted by Gasteiger charge is -2.12. The fraction of sp³-hybridized carbons (Fsp3) is 0.500. The van der Waals surface area contributed by atoms with E-state index in [0.717, 1.165) is 0 Å². The molecule has 1 aromatic rings. The average molecular weight is 305 g/mol. The molecule has 1 atom stereocenters. The van der Waals surface area contributed by atoms with Gasteiger partial charge in [-0.2, -0.15) is 0 Å². The van der Waals surface area contributed by atoms with Crippen LogP contribution in [0.15, 0.2) is 18.2 Å². The molecule has 0 aliphatic rings. The summed E-state index contributed by atoms with van der Waals surface area (Å²) in [6, 6.07) is 4.35. The van der Waals surface area contributed by atoms with Crippen LogP contribution in [0.25, 0.3) is 0 Å². The Morgan fingerprint density at radius 1 is 1.40 bits per heavy atom. The van der Waals surface area contributed by atoms with Gasteiger partial charge in [-0.05, 0) is 39.3 Å². The monoisotopic (exact) mass is 304 g/mol. The Bertz CT molecular complexity index is 439. The second-order valence-electron chi connectivity index (χ2n) is 4.87. The molecule has 0 bridgehead atoms. The summed E-state index contributed by atoms with van der Waals surface area (Å²) in [6.07, 6.45) is 0.828. The zero-order valence-electron chi connectivity index (χ0n) is 12.0. The minimum Gasteiger partial charge on any atom is -0.491 e. The van der Waals surface area contributed by atoms with Gasteiger partial charge in [0, 0.05) is 18.5 Å². The van der Waals surface area contributed by atoms with Crippen LogP contribution in [0.1, 0.15) is 33.6 Å². The second kappa shape index (κ2) is 8.76. The first-order valence-electron chi connectivity index (χ1n) is 6.40. The van der Waals surface area contributed by atoms with Gasteiger partial charge in [-0.3, -0.25) is 4.79 Å². The van der Waals surface area contributed by atoms with Gasteiger partial charge in [0.1, 0.15) is 11.6 Å². The third kappa shape index (κ3) is 6.73. The summed E-state index contributed by atoms with van der Waals surface area (Å²) in [5.74, 6) is -0.304. The Hall–Kier alpha value is -1.33. The van der Waals surface area contributed by atoms with E-state index in [1.807, 2.05) is 20.8 Å². The molecule has 0 fully saturated rings. The van der Waals surface area contributed by atoms with Crippen LogP contribution < -0.4 is 15.8 Å². The van der Waals surface area contributed by atoms with Gasteiger partial charge in [0.05, 0.1) is 11.8 Å². The summed E-state index contributed by atoms with van der Waals surface area (Å²) >= 11 is 0. The van der Waals surface area contributed by atoms with Crippen molar-refractivity contribution in [1.82, 2.24) is 0 Å². The molecule has 0 spiro atoms. The normalized spacial score (nSPS) is 11.7. The Morgan fingerprint density at radius 2 is 2.05 bits per heavy atom. The number of ether oxygens (including phenoxy) is 1. The van der Waals surface area contributed by atoms with Crippen LogP contribution in [-0.2, 0) is 4.79 Å². The van der Waals surface area contributed by atoms with E-state index in [1.165, 1.54) is 12.1 Å². The highest BCUT2D eigenvalue weighted by atomic mass is 35.5. The van der Waals surface area contributed by atoms with Crippen molar-refractivity contribution < 1.29 is 13.9 Å². The molecular formula is C14H22ClFN2O2. The summed E-state index contributed by atoms with van der Waals surface area (Å²) in [4.78, 5) is 11.6. The van der Waals surface area contributed by atoms with Gasteiger partial charge in [0.25, 0.3) is 0 Å². The van der Waals surface area contributed by atoms with E-state index in [-0.39, 0.29) is 42.6 Å².